The van der Waals surface area contributed by atoms with E-state index in [0.29, 0.717) is 48.2 Å². The fourth-order valence-electron chi connectivity index (χ4n) is 5.64. The Morgan fingerprint density at radius 3 is 2.61 bits per heavy atom. The highest BCUT2D eigenvalue weighted by molar-refractivity contribution is 6.34. The van der Waals surface area contributed by atoms with Crippen molar-refractivity contribution in [1.82, 2.24) is 15.5 Å². The van der Waals surface area contributed by atoms with E-state index >= 15 is 0 Å². The van der Waals surface area contributed by atoms with Gasteiger partial charge >= 0.3 is 0 Å². The number of aldehydes is 1. The Kier molecular flexibility index (Phi) is 7.59. The molecule has 2 saturated heterocycles. The Hall–Kier alpha value is -2.12. The number of halogens is 2. The monoisotopic (exact) mass is 493 g/mol. The number of nitrogens with one attached hydrogen (secondary N) is 2. The number of rotatable bonds is 8. The lowest BCUT2D eigenvalue weighted by Gasteiger charge is -2.28. The molecule has 0 spiro atoms. The average molecular weight is 494 g/mol. The number of fused-ring (bicyclic) bond motifs is 1. The molecule has 1 aromatic rings. The number of benzene rings is 1. The lowest BCUT2D eigenvalue weighted by Crippen LogP contribution is -2.52. The van der Waals surface area contributed by atoms with Crippen LogP contribution in [0, 0.1) is 17.8 Å². The van der Waals surface area contributed by atoms with E-state index in [1.165, 1.54) is 0 Å². The molecule has 9 heteroatoms. The van der Waals surface area contributed by atoms with Gasteiger partial charge in [-0.3, -0.25) is 14.4 Å². The van der Waals surface area contributed by atoms with Crippen LogP contribution < -0.4 is 10.6 Å². The highest BCUT2D eigenvalue weighted by Gasteiger charge is 2.49. The van der Waals surface area contributed by atoms with Crippen molar-refractivity contribution in [2.75, 3.05) is 13.1 Å². The highest BCUT2D eigenvalue weighted by Crippen LogP contribution is 2.42. The number of aryl methyl sites for hydroxylation is 1. The zero-order valence-corrected chi connectivity index (χ0v) is 19.9. The van der Waals surface area contributed by atoms with E-state index in [-0.39, 0.29) is 42.4 Å². The normalized spacial score (nSPS) is 27.2. The molecule has 1 saturated carbocycles. The number of carbonyl (C=O) groups excluding carboxylic acids is 4. The van der Waals surface area contributed by atoms with Gasteiger partial charge in [0.1, 0.15) is 12.3 Å². The Balaban J connectivity index is 1.42. The zero-order chi connectivity index (χ0) is 23.5. The third kappa shape index (κ3) is 5.52. The van der Waals surface area contributed by atoms with E-state index in [2.05, 4.69) is 10.6 Å². The third-order valence-corrected chi connectivity index (χ3v) is 7.66. The van der Waals surface area contributed by atoms with E-state index in [9.17, 15) is 19.2 Å². The Morgan fingerprint density at radius 2 is 1.94 bits per heavy atom. The first-order valence-electron chi connectivity index (χ1n) is 11.6. The van der Waals surface area contributed by atoms with Crippen molar-refractivity contribution >= 4 is 47.2 Å². The smallest absolute Gasteiger partial charge is 0.243 e. The molecule has 4 rings (SSSR count). The molecule has 33 heavy (non-hydrogen) atoms. The molecule has 0 radical (unpaired) electrons. The van der Waals surface area contributed by atoms with Crippen LogP contribution in [0.15, 0.2) is 18.2 Å². The molecule has 0 aromatic heterocycles. The molecule has 178 valence electrons. The summed E-state index contributed by atoms with van der Waals surface area (Å²) in [5.74, 6) is -0.314. The summed E-state index contributed by atoms with van der Waals surface area (Å²) >= 11 is 12.1. The van der Waals surface area contributed by atoms with Crippen molar-refractivity contribution in [1.29, 1.82) is 0 Å². The fourth-order valence-corrected chi connectivity index (χ4v) is 6.21. The summed E-state index contributed by atoms with van der Waals surface area (Å²) in [6.45, 7) is 1.16. The summed E-state index contributed by atoms with van der Waals surface area (Å²) in [5, 5.41) is 6.63. The number of amides is 3. The van der Waals surface area contributed by atoms with Crippen LogP contribution in [0.1, 0.15) is 44.1 Å². The van der Waals surface area contributed by atoms with E-state index in [0.717, 1.165) is 24.8 Å². The minimum absolute atomic E-state index is 0.0780. The van der Waals surface area contributed by atoms with Gasteiger partial charge in [-0.05, 0) is 67.7 Å². The molecule has 2 aliphatic heterocycles. The number of nitrogens with zero attached hydrogens (tertiary/aromatic N) is 1. The lowest BCUT2D eigenvalue weighted by atomic mass is 9.92. The van der Waals surface area contributed by atoms with Crippen LogP contribution in [-0.4, -0.2) is 54.1 Å². The molecular formula is C24H29Cl2N3O4. The number of hydrogen-bond donors (Lipinski definition) is 2. The topological polar surface area (TPSA) is 95.6 Å². The maximum atomic E-state index is 13.3. The molecule has 3 fully saturated rings. The predicted octanol–water partition coefficient (Wildman–Crippen LogP) is 2.76. The molecule has 7 nitrogen and oxygen atoms in total. The van der Waals surface area contributed by atoms with Gasteiger partial charge in [0, 0.05) is 35.5 Å². The van der Waals surface area contributed by atoms with Crippen LogP contribution in [0.3, 0.4) is 0 Å². The second-order valence-corrected chi connectivity index (χ2v) is 10.3. The molecule has 1 aliphatic carbocycles. The molecule has 5 atom stereocenters. The van der Waals surface area contributed by atoms with Crippen LogP contribution in [0.5, 0.6) is 0 Å². The summed E-state index contributed by atoms with van der Waals surface area (Å²) in [6, 6.07) is 3.91. The number of hydrogen-bond acceptors (Lipinski definition) is 4. The fraction of sp³-hybridized carbons (Fsp3) is 0.583. The van der Waals surface area contributed by atoms with Crippen molar-refractivity contribution in [3.05, 3.63) is 33.8 Å². The van der Waals surface area contributed by atoms with Crippen LogP contribution in [0.4, 0.5) is 0 Å². The van der Waals surface area contributed by atoms with Gasteiger partial charge < -0.3 is 20.3 Å². The molecule has 2 N–H and O–H groups in total. The summed E-state index contributed by atoms with van der Waals surface area (Å²) in [5.41, 5.74) is 0.872. The van der Waals surface area contributed by atoms with Gasteiger partial charge in [-0.15, -0.1) is 0 Å². The van der Waals surface area contributed by atoms with Crippen molar-refractivity contribution in [3.8, 4) is 0 Å². The molecule has 1 unspecified atom stereocenters. The second-order valence-electron chi connectivity index (χ2n) is 9.39. The minimum Gasteiger partial charge on any atom is -0.356 e. The zero-order valence-electron chi connectivity index (χ0n) is 18.4. The predicted molar refractivity (Wildman–Crippen MR) is 125 cm³/mol. The maximum absolute atomic E-state index is 13.3. The Bertz CT molecular complexity index is 920. The van der Waals surface area contributed by atoms with E-state index in [1.54, 1.807) is 23.1 Å². The van der Waals surface area contributed by atoms with Gasteiger partial charge in [-0.2, -0.15) is 0 Å². The second kappa shape index (κ2) is 10.4. The lowest BCUT2D eigenvalue weighted by molar-refractivity contribution is -0.140. The number of likely N-dealkylation sites (tertiary alicyclic amines) is 1. The van der Waals surface area contributed by atoms with E-state index in [1.807, 2.05) is 0 Å². The largest absolute Gasteiger partial charge is 0.356 e. The van der Waals surface area contributed by atoms with Crippen molar-refractivity contribution < 1.29 is 19.2 Å². The quantitative estimate of drug-likeness (QED) is 0.544. The van der Waals surface area contributed by atoms with Gasteiger partial charge in [0.25, 0.3) is 0 Å². The van der Waals surface area contributed by atoms with Crippen LogP contribution in [-0.2, 0) is 25.6 Å². The summed E-state index contributed by atoms with van der Waals surface area (Å²) in [6.07, 6.45) is 5.30. The molecule has 2 heterocycles. The molecule has 1 aromatic carbocycles. The summed E-state index contributed by atoms with van der Waals surface area (Å²) in [7, 11) is 0. The highest BCUT2D eigenvalue weighted by atomic mass is 35.5. The van der Waals surface area contributed by atoms with Gasteiger partial charge in [-0.1, -0.05) is 29.6 Å². The first-order valence-corrected chi connectivity index (χ1v) is 12.4. The first-order chi connectivity index (χ1) is 15.9. The van der Waals surface area contributed by atoms with Gasteiger partial charge in [0.15, 0.2) is 0 Å². The summed E-state index contributed by atoms with van der Waals surface area (Å²) < 4.78 is 0. The first kappa shape index (κ1) is 24.0. The van der Waals surface area contributed by atoms with Crippen LogP contribution >= 0.6 is 23.2 Å². The Morgan fingerprint density at radius 1 is 1.18 bits per heavy atom. The van der Waals surface area contributed by atoms with Gasteiger partial charge in [0.05, 0.1) is 6.04 Å². The van der Waals surface area contributed by atoms with Crippen molar-refractivity contribution in [2.24, 2.45) is 17.8 Å². The van der Waals surface area contributed by atoms with Crippen LogP contribution in [0.25, 0.3) is 0 Å². The molecular weight excluding hydrogens is 465 g/mol. The maximum Gasteiger partial charge on any atom is 0.243 e. The van der Waals surface area contributed by atoms with E-state index < -0.39 is 12.1 Å². The molecule has 3 amide bonds. The van der Waals surface area contributed by atoms with Gasteiger partial charge in [-0.25, -0.2) is 0 Å². The standard InChI is InChI=1S/C24H29Cl2N3O4/c25-17-8-14(9-18(26)11-17)4-5-21(31)29-12-16-2-1-3-20(16)22(29)24(33)28-19(13-30)10-15-6-7-27-23(15)32/h8-9,11,13,15-16,19-20,22H,1-7,10,12H2,(H,27,32)(H,28,33)/t15-,16-,19-,20-,22?/m0/s1. The minimum atomic E-state index is -0.739. The Labute approximate surface area is 203 Å². The third-order valence-electron chi connectivity index (χ3n) is 7.22. The SMILES string of the molecule is O=C[C@H](C[C@@H]1CCNC1=O)NC(=O)C1[C@H]2CCC[C@H]2CN1C(=O)CCc1cc(Cl)cc(Cl)c1. The van der Waals surface area contributed by atoms with Gasteiger partial charge in [0.2, 0.25) is 17.7 Å². The van der Waals surface area contributed by atoms with Crippen LogP contribution in [0.2, 0.25) is 10.0 Å². The average Bonchev–Trinajstić information content (AvgIpc) is 3.47. The number of carbonyl (C=O) groups is 4. The van der Waals surface area contributed by atoms with Crippen molar-refractivity contribution in [3.63, 3.8) is 0 Å². The molecule has 3 aliphatic rings. The summed E-state index contributed by atoms with van der Waals surface area (Å²) in [4.78, 5) is 51.7. The van der Waals surface area contributed by atoms with Crippen molar-refractivity contribution in [2.45, 2.75) is 57.0 Å². The van der Waals surface area contributed by atoms with E-state index in [4.69, 9.17) is 23.2 Å². The molecule has 0 bridgehead atoms.